The molecule has 30 heavy (non-hydrogen) atoms. The fourth-order valence-electron chi connectivity index (χ4n) is 4.31. The van der Waals surface area contributed by atoms with Gasteiger partial charge in [-0.1, -0.05) is 12.8 Å². The van der Waals surface area contributed by atoms with Gasteiger partial charge in [0.25, 0.3) is 0 Å². The summed E-state index contributed by atoms with van der Waals surface area (Å²) in [5, 5.41) is 5.14. The highest BCUT2D eigenvalue weighted by Crippen LogP contribution is 2.27. The molecule has 0 amide bonds. The minimum absolute atomic E-state index is 0.250. The van der Waals surface area contributed by atoms with Crippen molar-refractivity contribution >= 4 is 22.5 Å². The van der Waals surface area contributed by atoms with E-state index in [0.29, 0.717) is 0 Å². The molecule has 7 heteroatoms. The molecule has 2 N–H and O–H groups in total. The molecule has 1 saturated carbocycles. The topological polar surface area (TPSA) is 85.2 Å². The molecule has 154 valence electrons. The summed E-state index contributed by atoms with van der Waals surface area (Å²) in [5.74, 6) is 0.250. The molecule has 2 aliphatic rings. The second-order valence-electron chi connectivity index (χ2n) is 8.13. The molecule has 7 nitrogen and oxygen atoms in total. The summed E-state index contributed by atoms with van der Waals surface area (Å²) in [6, 6.07) is 8.92. The summed E-state index contributed by atoms with van der Waals surface area (Å²) in [4.78, 5) is 15.3. The van der Waals surface area contributed by atoms with Gasteiger partial charge in [0, 0.05) is 41.1 Å². The summed E-state index contributed by atoms with van der Waals surface area (Å²) >= 11 is 0. The van der Waals surface area contributed by atoms with Gasteiger partial charge in [-0.25, -0.2) is 19.5 Å². The Morgan fingerprint density at radius 3 is 2.60 bits per heavy atom. The zero-order valence-electron chi connectivity index (χ0n) is 17.1. The second kappa shape index (κ2) is 8.36. The van der Waals surface area contributed by atoms with E-state index in [0.717, 1.165) is 33.7 Å². The van der Waals surface area contributed by atoms with Crippen molar-refractivity contribution in [3.8, 4) is 11.1 Å². The molecule has 4 aromatic rings. The lowest BCUT2D eigenvalue weighted by molar-refractivity contribution is 0.105. The number of nitrogen functional groups attached to an aromatic ring is 1. The highest BCUT2D eigenvalue weighted by molar-refractivity contribution is 5.86. The monoisotopic (exact) mass is 401 g/mol. The van der Waals surface area contributed by atoms with Gasteiger partial charge < -0.3 is 10.6 Å². The number of nitrogens with zero attached hydrogens (tertiary/aromatic N) is 6. The lowest BCUT2D eigenvalue weighted by Gasteiger charge is -2.39. The van der Waals surface area contributed by atoms with E-state index < -0.39 is 0 Å². The summed E-state index contributed by atoms with van der Waals surface area (Å²) in [5.41, 5.74) is 9.23. The highest BCUT2D eigenvalue weighted by atomic mass is 15.3. The van der Waals surface area contributed by atoms with Crippen molar-refractivity contribution in [3.63, 3.8) is 0 Å². The Balaban J connectivity index is 0.000000161. The fraction of sp³-hybridized carbons (Fsp3) is 0.391. The molecule has 0 bridgehead atoms. The van der Waals surface area contributed by atoms with Gasteiger partial charge in [0.15, 0.2) is 5.65 Å². The predicted octanol–water partition coefficient (Wildman–Crippen LogP) is 3.95. The third-order valence-corrected chi connectivity index (χ3v) is 6.18. The standard InChI is InChI=1S/C14H10N6.C9H17N/c15-14-18-8-12-11(3-5-20(12)19-14)10-6-9-2-1-4-16-13(9)17-7-10;1-2-7-10(8-3-1)9-5-4-6-9/h1-8H,(H2,15,19);9H,1-8H2. The van der Waals surface area contributed by atoms with Crippen molar-refractivity contribution in [1.82, 2.24) is 29.5 Å². The van der Waals surface area contributed by atoms with E-state index in [2.05, 4.69) is 31.0 Å². The average molecular weight is 402 g/mol. The van der Waals surface area contributed by atoms with Crippen LogP contribution >= 0.6 is 0 Å². The number of rotatable bonds is 2. The number of likely N-dealkylation sites (tertiary alicyclic amines) is 1. The lowest BCUT2D eigenvalue weighted by Crippen LogP contribution is -2.42. The number of pyridine rings is 2. The van der Waals surface area contributed by atoms with Crippen LogP contribution < -0.4 is 5.73 Å². The third kappa shape index (κ3) is 3.85. The van der Waals surface area contributed by atoms with Gasteiger partial charge in [0.1, 0.15) is 0 Å². The van der Waals surface area contributed by atoms with E-state index >= 15 is 0 Å². The van der Waals surface area contributed by atoms with Gasteiger partial charge in [-0.05, 0) is 63.0 Å². The van der Waals surface area contributed by atoms with Crippen LogP contribution in [0, 0.1) is 0 Å². The molecule has 2 fully saturated rings. The first kappa shape index (κ1) is 18.9. The number of hydrogen-bond donors (Lipinski definition) is 1. The average Bonchev–Trinajstić information content (AvgIpc) is 3.16. The van der Waals surface area contributed by atoms with E-state index in [1.54, 1.807) is 23.1 Å². The van der Waals surface area contributed by atoms with E-state index in [1.807, 2.05) is 24.4 Å². The quantitative estimate of drug-likeness (QED) is 0.547. The smallest absolute Gasteiger partial charge is 0.238 e. The van der Waals surface area contributed by atoms with Gasteiger partial charge >= 0.3 is 0 Å². The minimum Gasteiger partial charge on any atom is -0.367 e. The molecule has 0 radical (unpaired) electrons. The van der Waals surface area contributed by atoms with Crippen LogP contribution in [-0.4, -0.2) is 48.6 Å². The van der Waals surface area contributed by atoms with Crippen LogP contribution in [0.2, 0.25) is 0 Å². The first-order valence-electron chi connectivity index (χ1n) is 10.8. The molecule has 6 rings (SSSR count). The lowest BCUT2D eigenvalue weighted by atomic mass is 9.90. The number of fused-ring (bicyclic) bond motifs is 2. The fourth-order valence-corrected chi connectivity index (χ4v) is 4.31. The number of aromatic nitrogens is 5. The molecule has 1 saturated heterocycles. The number of nitrogens with two attached hydrogens (primary N) is 1. The van der Waals surface area contributed by atoms with E-state index in [1.165, 1.54) is 51.6 Å². The first-order valence-corrected chi connectivity index (χ1v) is 10.8. The van der Waals surface area contributed by atoms with Crippen LogP contribution in [0.15, 0.2) is 49.1 Å². The number of piperidine rings is 1. The van der Waals surface area contributed by atoms with Crippen molar-refractivity contribution in [2.75, 3.05) is 18.8 Å². The van der Waals surface area contributed by atoms with Crippen molar-refractivity contribution in [2.45, 2.75) is 44.6 Å². The Labute approximate surface area is 176 Å². The van der Waals surface area contributed by atoms with Crippen LogP contribution in [0.5, 0.6) is 0 Å². The van der Waals surface area contributed by atoms with Crippen molar-refractivity contribution in [3.05, 3.63) is 49.1 Å². The van der Waals surface area contributed by atoms with E-state index in [9.17, 15) is 0 Å². The number of hydrogen-bond acceptors (Lipinski definition) is 6. The van der Waals surface area contributed by atoms with Gasteiger partial charge in [0.2, 0.25) is 5.95 Å². The van der Waals surface area contributed by atoms with Gasteiger partial charge in [-0.3, -0.25) is 0 Å². The SMILES string of the molecule is C1CCN(C2CCC2)CC1.Nc1ncc2c(-c3cnc4ncccc4c3)ccn2n1. The van der Waals surface area contributed by atoms with Crippen LogP contribution in [0.1, 0.15) is 38.5 Å². The van der Waals surface area contributed by atoms with Crippen molar-refractivity contribution in [2.24, 2.45) is 0 Å². The van der Waals surface area contributed by atoms with Crippen LogP contribution in [0.25, 0.3) is 27.7 Å². The molecule has 0 atom stereocenters. The Hall–Kier alpha value is -3.06. The molecule has 0 unspecified atom stereocenters. The first-order chi connectivity index (χ1) is 14.8. The van der Waals surface area contributed by atoms with Gasteiger partial charge in [0.05, 0.1) is 11.7 Å². The molecular formula is C23H27N7. The number of anilines is 1. The van der Waals surface area contributed by atoms with E-state index in [-0.39, 0.29) is 5.95 Å². The third-order valence-electron chi connectivity index (χ3n) is 6.18. The van der Waals surface area contributed by atoms with E-state index in [4.69, 9.17) is 5.73 Å². The summed E-state index contributed by atoms with van der Waals surface area (Å²) in [6.07, 6.45) is 16.0. The van der Waals surface area contributed by atoms with Crippen molar-refractivity contribution in [1.29, 1.82) is 0 Å². The minimum atomic E-state index is 0.250. The maximum atomic E-state index is 5.58. The second-order valence-corrected chi connectivity index (χ2v) is 8.13. The van der Waals surface area contributed by atoms with Crippen LogP contribution in [0.3, 0.4) is 0 Å². The zero-order chi connectivity index (χ0) is 20.3. The molecular weight excluding hydrogens is 374 g/mol. The van der Waals surface area contributed by atoms with Gasteiger partial charge in [-0.2, -0.15) is 0 Å². The van der Waals surface area contributed by atoms with Crippen molar-refractivity contribution < 1.29 is 0 Å². The largest absolute Gasteiger partial charge is 0.367 e. The molecule has 4 aromatic heterocycles. The Bertz CT molecular complexity index is 1140. The molecule has 0 aromatic carbocycles. The molecule has 0 spiro atoms. The highest BCUT2D eigenvalue weighted by Gasteiger charge is 2.25. The maximum absolute atomic E-state index is 5.58. The van der Waals surface area contributed by atoms with Crippen LogP contribution in [0.4, 0.5) is 5.95 Å². The molecule has 1 aliphatic carbocycles. The molecule has 1 aliphatic heterocycles. The zero-order valence-corrected chi connectivity index (χ0v) is 17.1. The maximum Gasteiger partial charge on any atom is 0.238 e. The Kier molecular flexibility index (Phi) is 5.27. The Morgan fingerprint density at radius 1 is 0.933 bits per heavy atom. The van der Waals surface area contributed by atoms with Crippen LogP contribution in [-0.2, 0) is 0 Å². The molecule has 5 heterocycles. The Morgan fingerprint density at radius 2 is 1.80 bits per heavy atom. The predicted molar refractivity (Wildman–Crippen MR) is 119 cm³/mol. The summed E-state index contributed by atoms with van der Waals surface area (Å²) in [7, 11) is 0. The summed E-state index contributed by atoms with van der Waals surface area (Å²) in [6.45, 7) is 2.79. The van der Waals surface area contributed by atoms with Gasteiger partial charge in [-0.15, -0.1) is 5.10 Å². The summed E-state index contributed by atoms with van der Waals surface area (Å²) < 4.78 is 1.71. The normalized spacial score (nSPS) is 17.5.